The largest absolute Gasteiger partial charge is 0.240 e. The second kappa shape index (κ2) is 5.41. The maximum atomic E-state index is 12.2. The van der Waals surface area contributed by atoms with Gasteiger partial charge in [0, 0.05) is 6.04 Å². The van der Waals surface area contributed by atoms with Crippen molar-refractivity contribution in [1.29, 1.82) is 0 Å². The molecule has 2 rings (SSSR count). The standard InChI is InChI=1S/C14H21NO2S/c1-11-7-6-10-14(12(11)2)15-18(16,17)13-8-4-3-5-9-13/h3-5,8-9,11-12,14-15H,6-7,10H2,1-2H3. The molecule has 3 atom stereocenters. The van der Waals surface area contributed by atoms with Crippen molar-refractivity contribution in [2.75, 3.05) is 0 Å². The van der Waals surface area contributed by atoms with Crippen molar-refractivity contribution in [3.63, 3.8) is 0 Å². The molecule has 4 heteroatoms. The summed E-state index contributed by atoms with van der Waals surface area (Å²) in [7, 11) is -3.37. The molecule has 0 spiro atoms. The van der Waals surface area contributed by atoms with Gasteiger partial charge < -0.3 is 0 Å². The second-order valence-corrected chi connectivity index (χ2v) is 7.02. The van der Waals surface area contributed by atoms with Crippen LogP contribution in [-0.4, -0.2) is 14.5 Å². The van der Waals surface area contributed by atoms with Gasteiger partial charge in [0.05, 0.1) is 4.90 Å². The fourth-order valence-electron chi connectivity index (χ4n) is 2.62. The fourth-order valence-corrected chi connectivity index (χ4v) is 4.00. The van der Waals surface area contributed by atoms with Gasteiger partial charge in [-0.3, -0.25) is 0 Å². The summed E-state index contributed by atoms with van der Waals surface area (Å²) in [5.41, 5.74) is 0. The zero-order valence-corrected chi connectivity index (χ0v) is 11.8. The summed E-state index contributed by atoms with van der Waals surface area (Å²) in [6.45, 7) is 4.34. The van der Waals surface area contributed by atoms with Gasteiger partial charge in [-0.1, -0.05) is 44.9 Å². The zero-order valence-electron chi connectivity index (χ0n) is 11.0. The van der Waals surface area contributed by atoms with E-state index in [1.165, 1.54) is 6.42 Å². The number of benzene rings is 1. The highest BCUT2D eigenvalue weighted by Gasteiger charge is 2.30. The summed E-state index contributed by atoms with van der Waals surface area (Å²) in [5, 5.41) is 0. The average molecular weight is 267 g/mol. The first-order chi connectivity index (χ1) is 8.50. The Balaban J connectivity index is 2.13. The van der Waals surface area contributed by atoms with Gasteiger partial charge in [-0.2, -0.15) is 0 Å². The Morgan fingerprint density at radius 3 is 2.44 bits per heavy atom. The third kappa shape index (κ3) is 2.93. The van der Waals surface area contributed by atoms with Crippen molar-refractivity contribution in [2.24, 2.45) is 11.8 Å². The predicted octanol–water partition coefficient (Wildman–Crippen LogP) is 2.79. The minimum absolute atomic E-state index is 0.0685. The number of nitrogens with one attached hydrogen (secondary N) is 1. The Bertz CT molecular complexity index is 484. The Morgan fingerprint density at radius 2 is 1.78 bits per heavy atom. The Hall–Kier alpha value is -0.870. The first kappa shape index (κ1) is 13.6. The second-order valence-electron chi connectivity index (χ2n) is 5.31. The molecule has 1 aromatic carbocycles. The van der Waals surface area contributed by atoms with E-state index in [1.807, 2.05) is 6.07 Å². The van der Waals surface area contributed by atoms with Gasteiger partial charge in [0.2, 0.25) is 10.0 Å². The van der Waals surface area contributed by atoms with Crippen LogP contribution in [0.4, 0.5) is 0 Å². The molecule has 1 N–H and O–H groups in total. The topological polar surface area (TPSA) is 46.2 Å². The highest BCUT2D eigenvalue weighted by Crippen LogP contribution is 2.30. The maximum Gasteiger partial charge on any atom is 0.240 e. The molecule has 18 heavy (non-hydrogen) atoms. The van der Waals surface area contributed by atoms with Crippen LogP contribution in [0.1, 0.15) is 33.1 Å². The molecule has 0 bridgehead atoms. The van der Waals surface area contributed by atoms with Crippen LogP contribution in [0.15, 0.2) is 35.2 Å². The highest BCUT2D eigenvalue weighted by molar-refractivity contribution is 7.89. The summed E-state index contributed by atoms with van der Waals surface area (Å²) in [6, 6.07) is 8.67. The molecule has 0 aliphatic heterocycles. The summed E-state index contributed by atoms with van der Waals surface area (Å²) >= 11 is 0. The van der Waals surface area contributed by atoms with E-state index < -0.39 is 10.0 Å². The van der Waals surface area contributed by atoms with Crippen LogP contribution in [-0.2, 0) is 10.0 Å². The molecule has 1 fully saturated rings. The zero-order chi connectivity index (χ0) is 13.2. The van der Waals surface area contributed by atoms with E-state index in [1.54, 1.807) is 24.3 Å². The van der Waals surface area contributed by atoms with Crippen molar-refractivity contribution in [1.82, 2.24) is 4.72 Å². The lowest BCUT2D eigenvalue weighted by molar-refractivity contribution is 0.227. The Labute approximate surface area is 110 Å². The Morgan fingerprint density at radius 1 is 1.11 bits per heavy atom. The molecule has 0 amide bonds. The van der Waals surface area contributed by atoms with Gasteiger partial charge >= 0.3 is 0 Å². The molecule has 1 aliphatic rings. The molecular weight excluding hydrogens is 246 g/mol. The lowest BCUT2D eigenvalue weighted by atomic mass is 9.78. The first-order valence-electron chi connectivity index (χ1n) is 6.58. The number of rotatable bonds is 3. The Kier molecular flexibility index (Phi) is 4.07. The number of hydrogen-bond acceptors (Lipinski definition) is 2. The molecule has 100 valence electrons. The third-order valence-corrected chi connectivity index (χ3v) is 5.57. The van der Waals surface area contributed by atoms with Crippen LogP contribution >= 0.6 is 0 Å². The molecule has 0 radical (unpaired) electrons. The van der Waals surface area contributed by atoms with Crippen molar-refractivity contribution >= 4 is 10.0 Å². The number of hydrogen-bond donors (Lipinski definition) is 1. The fraction of sp³-hybridized carbons (Fsp3) is 0.571. The quantitative estimate of drug-likeness (QED) is 0.915. The lowest BCUT2D eigenvalue weighted by Crippen LogP contribution is -2.43. The monoisotopic (exact) mass is 267 g/mol. The molecular formula is C14H21NO2S. The van der Waals surface area contributed by atoms with E-state index in [0.717, 1.165) is 12.8 Å². The van der Waals surface area contributed by atoms with Gasteiger partial charge in [-0.15, -0.1) is 0 Å². The summed E-state index contributed by atoms with van der Waals surface area (Å²) < 4.78 is 27.3. The van der Waals surface area contributed by atoms with Crippen LogP contribution in [0, 0.1) is 11.8 Å². The summed E-state index contributed by atoms with van der Waals surface area (Å²) in [4.78, 5) is 0.357. The van der Waals surface area contributed by atoms with Gasteiger partial charge in [-0.05, 0) is 30.4 Å². The SMILES string of the molecule is CC1CCCC(NS(=O)(=O)c2ccccc2)C1C. The highest BCUT2D eigenvalue weighted by atomic mass is 32.2. The maximum absolute atomic E-state index is 12.2. The van der Waals surface area contributed by atoms with E-state index >= 15 is 0 Å². The van der Waals surface area contributed by atoms with Crippen molar-refractivity contribution in [3.8, 4) is 0 Å². The minimum Gasteiger partial charge on any atom is -0.208 e. The van der Waals surface area contributed by atoms with Crippen molar-refractivity contribution < 1.29 is 8.42 Å². The van der Waals surface area contributed by atoms with E-state index in [2.05, 4.69) is 18.6 Å². The molecule has 1 aromatic rings. The van der Waals surface area contributed by atoms with E-state index in [0.29, 0.717) is 16.7 Å². The van der Waals surface area contributed by atoms with E-state index in [-0.39, 0.29) is 6.04 Å². The van der Waals surface area contributed by atoms with Gasteiger partial charge in [0.1, 0.15) is 0 Å². The van der Waals surface area contributed by atoms with Crippen molar-refractivity contribution in [3.05, 3.63) is 30.3 Å². The minimum atomic E-state index is -3.37. The van der Waals surface area contributed by atoms with Gasteiger partial charge in [-0.25, -0.2) is 13.1 Å². The van der Waals surface area contributed by atoms with Crippen LogP contribution < -0.4 is 4.72 Å². The smallest absolute Gasteiger partial charge is 0.208 e. The molecule has 3 unspecified atom stereocenters. The number of sulfonamides is 1. The van der Waals surface area contributed by atoms with Gasteiger partial charge in [0.15, 0.2) is 0 Å². The van der Waals surface area contributed by atoms with E-state index in [9.17, 15) is 8.42 Å². The summed E-state index contributed by atoms with van der Waals surface area (Å²) in [6.07, 6.45) is 3.25. The van der Waals surface area contributed by atoms with Crippen LogP contribution in [0.25, 0.3) is 0 Å². The van der Waals surface area contributed by atoms with Crippen LogP contribution in [0.3, 0.4) is 0 Å². The van der Waals surface area contributed by atoms with Crippen LogP contribution in [0.2, 0.25) is 0 Å². The molecule has 1 saturated carbocycles. The average Bonchev–Trinajstić information content (AvgIpc) is 2.36. The predicted molar refractivity (Wildman–Crippen MR) is 72.7 cm³/mol. The molecule has 1 aliphatic carbocycles. The lowest BCUT2D eigenvalue weighted by Gasteiger charge is -2.34. The normalized spacial score (nSPS) is 29.1. The molecule has 3 nitrogen and oxygen atoms in total. The van der Waals surface area contributed by atoms with Crippen LogP contribution in [0.5, 0.6) is 0 Å². The molecule has 0 aromatic heterocycles. The first-order valence-corrected chi connectivity index (χ1v) is 8.06. The summed E-state index contributed by atoms with van der Waals surface area (Å²) in [5.74, 6) is 0.986. The van der Waals surface area contributed by atoms with Crippen molar-refractivity contribution in [2.45, 2.75) is 44.0 Å². The third-order valence-electron chi connectivity index (χ3n) is 4.07. The molecule has 0 saturated heterocycles. The van der Waals surface area contributed by atoms with E-state index in [4.69, 9.17) is 0 Å². The van der Waals surface area contributed by atoms with Gasteiger partial charge in [0.25, 0.3) is 0 Å². The molecule has 0 heterocycles.